The zero-order valence-electron chi connectivity index (χ0n) is 10.2. The Kier molecular flexibility index (Phi) is 5.92. The fraction of sp³-hybridized carbons (Fsp3) is 0.333. The van der Waals surface area contributed by atoms with Crippen molar-refractivity contribution in [2.75, 3.05) is 11.9 Å². The van der Waals surface area contributed by atoms with Crippen LogP contribution >= 0.6 is 23.2 Å². The van der Waals surface area contributed by atoms with E-state index in [1.165, 1.54) is 12.1 Å². The smallest absolute Gasteiger partial charge is 0.411 e. The van der Waals surface area contributed by atoms with Crippen LogP contribution in [0.15, 0.2) is 12.1 Å². The van der Waals surface area contributed by atoms with Gasteiger partial charge in [-0.05, 0) is 18.6 Å². The lowest BCUT2D eigenvalue weighted by molar-refractivity contribution is 0.0698. The molecule has 1 rings (SSSR count). The second kappa shape index (κ2) is 7.21. The molecule has 104 valence electrons. The molecular weight excluding hydrogens is 293 g/mol. The summed E-state index contributed by atoms with van der Waals surface area (Å²) >= 11 is 11.7. The van der Waals surface area contributed by atoms with Gasteiger partial charge in [0.05, 0.1) is 27.9 Å². The first-order chi connectivity index (χ1) is 8.97. The van der Waals surface area contributed by atoms with E-state index < -0.39 is 12.1 Å². The van der Waals surface area contributed by atoms with Gasteiger partial charge in [0.25, 0.3) is 0 Å². The van der Waals surface area contributed by atoms with Crippen LogP contribution in [-0.4, -0.2) is 23.8 Å². The lowest BCUT2D eigenvalue weighted by Crippen LogP contribution is -2.17. The molecule has 19 heavy (non-hydrogen) atoms. The number of amides is 1. The van der Waals surface area contributed by atoms with Gasteiger partial charge in [0.2, 0.25) is 0 Å². The van der Waals surface area contributed by atoms with Crippen molar-refractivity contribution in [2.24, 2.45) is 0 Å². The standard InChI is InChI=1S/C12H13Cl2NO4/c1-2-3-6-19-12(18)15-10-7(11(16)17)4-5-8(13)9(10)14/h4-5H,2-3,6H2,1H3,(H,15,18)(H,16,17). The van der Waals surface area contributed by atoms with Gasteiger partial charge in [-0.15, -0.1) is 0 Å². The monoisotopic (exact) mass is 305 g/mol. The third kappa shape index (κ3) is 4.29. The molecule has 0 radical (unpaired) electrons. The summed E-state index contributed by atoms with van der Waals surface area (Å²) in [5, 5.41) is 11.4. The molecule has 0 heterocycles. The average Bonchev–Trinajstić information content (AvgIpc) is 2.35. The Balaban J connectivity index is 2.89. The van der Waals surface area contributed by atoms with Crippen LogP contribution in [0.25, 0.3) is 0 Å². The fourth-order valence-corrected chi connectivity index (χ4v) is 1.67. The van der Waals surface area contributed by atoms with Gasteiger partial charge in [-0.2, -0.15) is 0 Å². The van der Waals surface area contributed by atoms with Gasteiger partial charge < -0.3 is 9.84 Å². The van der Waals surface area contributed by atoms with Crippen molar-refractivity contribution in [1.29, 1.82) is 0 Å². The van der Waals surface area contributed by atoms with Crippen molar-refractivity contribution < 1.29 is 19.4 Å². The molecular formula is C12H13Cl2NO4. The SMILES string of the molecule is CCCCOC(=O)Nc1c(C(=O)O)ccc(Cl)c1Cl. The zero-order valence-corrected chi connectivity index (χ0v) is 11.7. The highest BCUT2D eigenvalue weighted by Gasteiger charge is 2.18. The first-order valence-electron chi connectivity index (χ1n) is 5.62. The number of benzene rings is 1. The van der Waals surface area contributed by atoms with Crippen molar-refractivity contribution in [3.8, 4) is 0 Å². The molecule has 2 N–H and O–H groups in total. The van der Waals surface area contributed by atoms with E-state index in [-0.39, 0.29) is 27.9 Å². The molecule has 0 aliphatic heterocycles. The Morgan fingerprint density at radius 1 is 1.37 bits per heavy atom. The third-order valence-corrected chi connectivity index (χ3v) is 3.09. The second-order valence-corrected chi connectivity index (χ2v) is 4.49. The Bertz CT molecular complexity index is 491. The van der Waals surface area contributed by atoms with E-state index in [0.717, 1.165) is 12.8 Å². The number of hydrogen-bond acceptors (Lipinski definition) is 3. The van der Waals surface area contributed by atoms with Crippen LogP contribution in [0.1, 0.15) is 30.1 Å². The minimum atomic E-state index is -1.22. The van der Waals surface area contributed by atoms with Crippen LogP contribution in [0.3, 0.4) is 0 Å². The van der Waals surface area contributed by atoms with Gasteiger partial charge in [0.15, 0.2) is 0 Å². The number of carbonyl (C=O) groups is 2. The van der Waals surface area contributed by atoms with Gasteiger partial charge in [0.1, 0.15) is 0 Å². The van der Waals surface area contributed by atoms with Gasteiger partial charge in [0, 0.05) is 0 Å². The zero-order chi connectivity index (χ0) is 14.4. The number of carboxylic acids is 1. The van der Waals surface area contributed by atoms with Gasteiger partial charge in [-0.25, -0.2) is 9.59 Å². The van der Waals surface area contributed by atoms with E-state index in [1.807, 2.05) is 6.92 Å². The molecule has 0 saturated carbocycles. The number of unbranched alkanes of at least 4 members (excludes halogenated alkanes) is 1. The van der Waals surface area contributed by atoms with Crippen molar-refractivity contribution in [3.05, 3.63) is 27.7 Å². The molecule has 0 atom stereocenters. The third-order valence-electron chi connectivity index (χ3n) is 2.28. The number of aromatic carboxylic acids is 1. The molecule has 1 aromatic carbocycles. The maximum Gasteiger partial charge on any atom is 0.411 e. The molecule has 0 bridgehead atoms. The van der Waals surface area contributed by atoms with E-state index >= 15 is 0 Å². The molecule has 0 unspecified atom stereocenters. The highest BCUT2D eigenvalue weighted by molar-refractivity contribution is 6.44. The van der Waals surface area contributed by atoms with Crippen LogP contribution in [0, 0.1) is 0 Å². The van der Waals surface area contributed by atoms with Crippen molar-refractivity contribution in [2.45, 2.75) is 19.8 Å². The Labute approximate surface area is 120 Å². The highest BCUT2D eigenvalue weighted by atomic mass is 35.5. The van der Waals surface area contributed by atoms with Gasteiger partial charge in [-0.1, -0.05) is 36.5 Å². The molecule has 5 nitrogen and oxygen atoms in total. The summed E-state index contributed by atoms with van der Waals surface area (Å²) in [5.41, 5.74) is -0.218. The normalized spacial score (nSPS) is 10.1. The summed E-state index contributed by atoms with van der Waals surface area (Å²) in [7, 11) is 0. The van der Waals surface area contributed by atoms with Crippen molar-refractivity contribution >= 4 is 41.0 Å². The minimum Gasteiger partial charge on any atom is -0.478 e. The van der Waals surface area contributed by atoms with E-state index in [1.54, 1.807) is 0 Å². The number of carbonyl (C=O) groups excluding carboxylic acids is 1. The number of carboxylic acid groups (broad SMARTS) is 1. The average molecular weight is 306 g/mol. The van der Waals surface area contributed by atoms with Gasteiger partial charge >= 0.3 is 12.1 Å². The molecule has 0 aliphatic carbocycles. The predicted octanol–water partition coefficient (Wildman–Crippen LogP) is 4.04. The molecule has 0 aliphatic rings. The van der Waals surface area contributed by atoms with Crippen LogP contribution in [0.4, 0.5) is 10.5 Å². The number of rotatable bonds is 5. The molecule has 7 heteroatoms. The summed E-state index contributed by atoms with van der Waals surface area (Å²) in [6, 6.07) is 2.61. The molecule has 0 aromatic heterocycles. The number of nitrogens with one attached hydrogen (secondary N) is 1. The first kappa shape index (κ1) is 15.6. The van der Waals surface area contributed by atoms with Crippen LogP contribution < -0.4 is 5.32 Å². The summed E-state index contributed by atoms with van der Waals surface area (Å²) in [6.07, 6.45) is 0.841. The molecule has 0 fully saturated rings. The summed E-state index contributed by atoms with van der Waals surface area (Å²) in [4.78, 5) is 22.5. The lowest BCUT2D eigenvalue weighted by atomic mass is 10.2. The van der Waals surface area contributed by atoms with E-state index in [9.17, 15) is 9.59 Å². The van der Waals surface area contributed by atoms with Crippen molar-refractivity contribution in [1.82, 2.24) is 0 Å². The number of halogens is 2. The number of anilines is 1. The second-order valence-electron chi connectivity index (χ2n) is 3.70. The van der Waals surface area contributed by atoms with Crippen LogP contribution in [-0.2, 0) is 4.74 Å². The quantitative estimate of drug-likeness (QED) is 0.805. The molecule has 1 aromatic rings. The minimum absolute atomic E-state index is 0.0333. The summed E-state index contributed by atoms with van der Waals surface area (Å²) in [5.74, 6) is -1.22. The van der Waals surface area contributed by atoms with E-state index in [0.29, 0.717) is 0 Å². The molecule has 1 amide bonds. The molecule has 0 saturated heterocycles. The van der Waals surface area contributed by atoms with E-state index in [2.05, 4.69) is 5.32 Å². The van der Waals surface area contributed by atoms with Crippen LogP contribution in [0.5, 0.6) is 0 Å². The van der Waals surface area contributed by atoms with Gasteiger partial charge in [-0.3, -0.25) is 5.32 Å². The Hall–Kier alpha value is -1.46. The topological polar surface area (TPSA) is 75.6 Å². The first-order valence-corrected chi connectivity index (χ1v) is 6.38. The lowest BCUT2D eigenvalue weighted by Gasteiger charge is -2.11. The fourth-order valence-electron chi connectivity index (χ4n) is 1.30. The Morgan fingerprint density at radius 2 is 2.05 bits per heavy atom. The number of ether oxygens (including phenoxy) is 1. The van der Waals surface area contributed by atoms with E-state index in [4.69, 9.17) is 33.0 Å². The largest absolute Gasteiger partial charge is 0.478 e. The predicted molar refractivity (Wildman–Crippen MR) is 73.3 cm³/mol. The van der Waals surface area contributed by atoms with Crippen molar-refractivity contribution in [3.63, 3.8) is 0 Å². The van der Waals surface area contributed by atoms with Crippen LogP contribution in [0.2, 0.25) is 10.0 Å². The maximum absolute atomic E-state index is 11.5. The Morgan fingerprint density at radius 3 is 2.63 bits per heavy atom. The summed E-state index contributed by atoms with van der Waals surface area (Å²) < 4.78 is 4.87. The maximum atomic E-state index is 11.5. The highest BCUT2D eigenvalue weighted by Crippen LogP contribution is 2.33. The number of hydrogen-bond donors (Lipinski definition) is 2. The molecule has 0 spiro atoms. The summed E-state index contributed by atoms with van der Waals surface area (Å²) in [6.45, 7) is 2.21.